The Morgan fingerprint density at radius 2 is 0.979 bits per heavy atom. The highest BCUT2D eigenvalue weighted by molar-refractivity contribution is 5.87. The summed E-state index contributed by atoms with van der Waals surface area (Å²) in [5.74, 6) is 0. The van der Waals surface area contributed by atoms with Gasteiger partial charge in [0.15, 0.2) is 11.4 Å². The minimum absolute atomic E-state index is 0.134. The fraction of sp³-hybridized carbons (Fsp3) is 0. The van der Waals surface area contributed by atoms with Gasteiger partial charge in [-0.3, -0.25) is 0 Å². The molecule has 48 heavy (non-hydrogen) atoms. The Bertz CT molecular complexity index is 2380. The largest absolute Gasteiger partial charge is 0.238 e. The molecule has 0 spiro atoms. The van der Waals surface area contributed by atoms with Crippen LogP contribution in [-0.2, 0) is 0 Å². The number of rotatable bonds is 4. The Balaban J connectivity index is 2.07. The molecule has 0 saturated heterocycles. The number of benzene rings is 5. The van der Waals surface area contributed by atoms with Crippen LogP contribution in [0.4, 0.5) is 11.4 Å². The molecule has 0 bridgehead atoms. The molecule has 0 aliphatic carbocycles. The molecule has 5 aromatic rings. The summed E-state index contributed by atoms with van der Waals surface area (Å²) in [5.41, 5.74) is 4.82. The van der Waals surface area contributed by atoms with Crippen LogP contribution in [-0.4, -0.2) is 0 Å². The minimum atomic E-state index is 0.134. The molecule has 0 saturated carbocycles. The summed E-state index contributed by atoms with van der Waals surface area (Å²) in [6.45, 7) is 23.2. The minimum Gasteiger partial charge on any atom is -0.238 e. The predicted molar refractivity (Wildman–Crippen MR) is 178 cm³/mol. The third kappa shape index (κ3) is 6.06. The highest BCUT2D eigenvalue weighted by Gasteiger charge is 2.16. The van der Waals surface area contributed by atoms with Gasteiger partial charge in [0.05, 0.1) is 66.3 Å². The molecule has 0 heterocycles. The standard InChI is InChI=1S/C40H16N8/c1-46-33-10-8-30(9-11-33)36-18-37(39(24-45)31-13-28(23-44)16-34(17-31)47-2)35(29-6-4-25(20-41)5-7-29)19-38(36)40(48-3)32-14-26(21-42)12-27(15-32)22-43/h4-19H/b39-37+,40-38-. The Morgan fingerprint density at radius 3 is 1.50 bits per heavy atom. The zero-order valence-corrected chi connectivity index (χ0v) is 24.8. The van der Waals surface area contributed by atoms with Crippen molar-refractivity contribution in [3.05, 3.63) is 175 Å². The highest BCUT2D eigenvalue weighted by atomic mass is 14.7. The molecule has 0 atom stereocenters. The maximum atomic E-state index is 10.6. The van der Waals surface area contributed by atoms with Gasteiger partial charge in [-0.15, -0.1) is 0 Å². The van der Waals surface area contributed by atoms with Crippen LogP contribution in [0.2, 0.25) is 0 Å². The zero-order chi connectivity index (χ0) is 34.2. The average Bonchev–Trinajstić information content (AvgIpc) is 3.15. The summed E-state index contributed by atoms with van der Waals surface area (Å²) in [6.07, 6.45) is 0. The van der Waals surface area contributed by atoms with Crippen molar-refractivity contribution in [2.75, 3.05) is 0 Å². The lowest BCUT2D eigenvalue weighted by atomic mass is 9.90. The Hall–Kier alpha value is -8.24. The molecular formula is C40H16N8. The van der Waals surface area contributed by atoms with Crippen molar-refractivity contribution in [2.45, 2.75) is 0 Å². The Kier molecular flexibility index (Phi) is 8.83. The van der Waals surface area contributed by atoms with E-state index in [0.29, 0.717) is 55.1 Å². The van der Waals surface area contributed by atoms with Crippen LogP contribution in [0.1, 0.15) is 33.4 Å². The van der Waals surface area contributed by atoms with Crippen LogP contribution in [0, 0.1) is 76.4 Å². The molecule has 216 valence electrons. The molecule has 0 radical (unpaired) electrons. The van der Waals surface area contributed by atoms with Gasteiger partial charge in [0.2, 0.25) is 5.70 Å². The summed E-state index contributed by atoms with van der Waals surface area (Å²) in [6, 6.07) is 36.4. The molecule has 0 amide bonds. The molecule has 0 fully saturated rings. The third-order valence-corrected chi connectivity index (χ3v) is 7.47. The quantitative estimate of drug-likeness (QED) is 0.196. The van der Waals surface area contributed by atoms with Crippen LogP contribution >= 0.6 is 0 Å². The third-order valence-electron chi connectivity index (χ3n) is 7.47. The summed E-state index contributed by atoms with van der Waals surface area (Å²) >= 11 is 0. The lowest BCUT2D eigenvalue weighted by Crippen LogP contribution is -2.20. The van der Waals surface area contributed by atoms with E-state index in [0.717, 1.165) is 0 Å². The topological polar surface area (TPSA) is 132 Å². The lowest BCUT2D eigenvalue weighted by Gasteiger charge is -2.14. The van der Waals surface area contributed by atoms with E-state index in [9.17, 15) is 26.3 Å². The van der Waals surface area contributed by atoms with Crippen LogP contribution in [0.5, 0.6) is 0 Å². The van der Waals surface area contributed by atoms with Gasteiger partial charge in [-0.25, -0.2) is 14.5 Å². The SMILES string of the molecule is [C-]#[N+]/C(c1cc(C#N)cc(C#N)c1)=c1/cc(-c2ccc(C#N)cc2)/c(=C(\C#N)c2cc(C#N)cc([N+]#[C-])c2)cc1-c1ccc([N+]#[C-])cc1. The first kappa shape index (κ1) is 31.2. The van der Waals surface area contributed by atoms with Crippen LogP contribution in [0.25, 0.3) is 48.1 Å². The maximum absolute atomic E-state index is 10.6. The average molecular weight is 609 g/mol. The van der Waals surface area contributed by atoms with Crippen LogP contribution < -0.4 is 10.4 Å². The molecule has 0 aliphatic heterocycles. The fourth-order valence-electron chi connectivity index (χ4n) is 5.26. The lowest BCUT2D eigenvalue weighted by molar-refractivity contribution is 1.41. The second-order valence-corrected chi connectivity index (χ2v) is 10.3. The predicted octanol–water partition coefficient (Wildman–Crippen LogP) is 7.41. The summed E-state index contributed by atoms with van der Waals surface area (Å²) in [7, 11) is 0. The fourth-order valence-corrected chi connectivity index (χ4v) is 5.26. The van der Waals surface area contributed by atoms with Crippen molar-refractivity contribution < 1.29 is 0 Å². The molecule has 0 unspecified atom stereocenters. The summed E-state index contributed by atoms with van der Waals surface area (Å²) in [5, 5.41) is 49.9. The number of nitriles is 5. The van der Waals surface area contributed by atoms with Gasteiger partial charge >= 0.3 is 0 Å². The van der Waals surface area contributed by atoms with E-state index in [1.54, 1.807) is 60.7 Å². The van der Waals surface area contributed by atoms with Crippen molar-refractivity contribution in [1.82, 2.24) is 0 Å². The smallest absolute Gasteiger partial charge is 0.202 e. The maximum Gasteiger partial charge on any atom is 0.202 e. The van der Waals surface area contributed by atoms with Crippen molar-refractivity contribution in [2.24, 2.45) is 0 Å². The molecule has 0 aliphatic rings. The Labute approximate surface area is 276 Å². The molecule has 5 aromatic carbocycles. The second-order valence-electron chi connectivity index (χ2n) is 10.3. The monoisotopic (exact) mass is 608 g/mol. The first-order valence-electron chi connectivity index (χ1n) is 14.0. The summed E-state index contributed by atoms with van der Waals surface area (Å²) in [4.78, 5) is 10.8. The van der Waals surface area contributed by atoms with E-state index in [1.165, 1.54) is 36.4 Å². The van der Waals surface area contributed by atoms with Gasteiger partial charge in [0.1, 0.15) is 6.07 Å². The molecular weight excluding hydrogens is 592 g/mol. The van der Waals surface area contributed by atoms with Gasteiger partial charge in [0, 0.05) is 10.8 Å². The zero-order valence-electron chi connectivity index (χ0n) is 24.8. The Morgan fingerprint density at radius 1 is 0.479 bits per heavy atom. The highest BCUT2D eigenvalue weighted by Crippen LogP contribution is 2.28. The van der Waals surface area contributed by atoms with E-state index in [-0.39, 0.29) is 33.6 Å². The number of nitrogens with zero attached hydrogens (tertiary/aromatic N) is 8. The van der Waals surface area contributed by atoms with Gasteiger partial charge in [0.25, 0.3) is 0 Å². The molecule has 5 rings (SSSR count). The molecule has 8 nitrogen and oxygen atoms in total. The van der Waals surface area contributed by atoms with Crippen LogP contribution in [0.3, 0.4) is 0 Å². The van der Waals surface area contributed by atoms with Gasteiger partial charge in [-0.1, -0.05) is 42.5 Å². The molecule has 0 N–H and O–H groups in total. The van der Waals surface area contributed by atoms with E-state index < -0.39 is 0 Å². The van der Waals surface area contributed by atoms with E-state index >= 15 is 0 Å². The van der Waals surface area contributed by atoms with E-state index in [4.69, 9.17) is 19.7 Å². The van der Waals surface area contributed by atoms with E-state index in [2.05, 4.69) is 26.7 Å². The van der Waals surface area contributed by atoms with Crippen LogP contribution in [0.15, 0.2) is 97.1 Å². The first-order valence-corrected chi connectivity index (χ1v) is 14.0. The number of hydrogen-bond donors (Lipinski definition) is 0. The molecule has 0 aromatic heterocycles. The normalized spacial score (nSPS) is 11.0. The van der Waals surface area contributed by atoms with E-state index in [1.807, 2.05) is 18.2 Å². The number of hydrogen-bond acceptors (Lipinski definition) is 5. The second kappa shape index (κ2) is 13.6. The van der Waals surface area contributed by atoms with Gasteiger partial charge in [-0.2, -0.15) is 26.3 Å². The van der Waals surface area contributed by atoms with Gasteiger partial charge in [-0.05, 0) is 93.2 Å². The van der Waals surface area contributed by atoms with Crippen molar-refractivity contribution in [1.29, 1.82) is 26.3 Å². The first-order chi connectivity index (χ1) is 23.4. The van der Waals surface area contributed by atoms with Crippen molar-refractivity contribution >= 4 is 22.6 Å². The molecule has 8 heteroatoms. The van der Waals surface area contributed by atoms with Crippen molar-refractivity contribution in [3.8, 4) is 52.6 Å². The summed E-state index contributed by atoms with van der Waals surface area (Å²) < 4.78 is 0. The van der Waals surface area contributed by atoms with Gasteiger partial charge < -0.3 is 0 Å². The van der Waals surface area contributed by atoms with Crippen molar-refractivity contribution in [3.63, 3.8) is 0 Å².